The summed E-state index contributed by atoms with van der Waals surface area (Å²) in [5.41, 5.74) is 3.91. The second kappa shape index (κ2) is 5.43. The van der Waals surface area contributed by atoms with E-state index in [0.29, 0.717) is 0 Å². The zero-order chi connectivity index (χ0) is 16.7. The average Bonchev–Trinajstić information content (AvgIpc) is 2.40. The van der Waals surface area contributed by atoms with Crippen LogP contribution >= 0.6 is 0 Å². The molecule has 0 fully saturated rings. The summed E-state index contributed by atoms with van der Waals surface area (Å²) in [4.78, 5) is 3.34. The third-order valence-corrected chi connectivity index (χ3v) is 2.97. The molecule has 0 amide bonds. The molecule has 8 heteroatoms. The Kier molecular flexibility index (Phi) is 3.95. The maximum Gasteiger partial charge on any atom is 0.433 e. The number of hydrogen-bond donors (Lipinski definition) is 1. The molecule has 0 aliphatic rings. The van der Waals surface area contributed by atoms with Crippen molar-refractivity contribution in [3.63, 3.8) is 0 Å². The summed E-state index contributed by atoms with van der Waals surface area (Å²) < 4.78 is 70.1. The number of nitrogens with two attached hydrogens (primary N) is 1. The van der Waals surface area contributed by atoms with Crippen LogP contribution in [0.3, 0.4) is 0 Å². The van der Waals surface area contributed by atoms with E-state index in [1.807, 2.05) is 0 Å². The van der Waals surface area contributed by atoms with Crippen molar-refractivity contribution >= 4 is 5.69 Å². The molecule has 0 aliphatic heterocycles. The first-order chi connectivity index (χ1) is 10.1. The van der Waals surface area contributed by atoms with E-state index in [2.05, 4.69) is 4.98 Å². The quantitative estimate of drug-likeness (QED) is 0.837. The monoisotopic (exact) mass is 318 g/mol. The predicted molar refractivity (Wildman–Crippen MR) is 69.6 cm³/mol. The molecular weight excluding hydrogens is 307 g/mol. The van der Waals surface area contributed by atoms with Crippen LogP contribution in [0.5, 0.6) is 11.6 Å². The molecule has 118 valence electrons. The molecule has 2 rings (SSSR count). The number of aryl methyl sites for hydroxylation is 1. The Labute approximate surface area is 122 Å². The molecule has 0 atom stereocenters. The Balaban J connectivity index is 2.49. The van der Waals surface area contributed by atoms with Gasteiger partial charge in [0.05, 0.1) is 5.69 Å². The summed E-state index contributed by atoms with van der Waals surface area (Å²) >= 11 is 0. The van der Waals surface area contributed by atoms with E-state index in [1.165, 1.54) is 13.8 Å². The highest BCUT2D eigenvalue weighted by atomic mass is 19.4. The fraction of sp³-hybridized carbons (Fsp3) is 0.214. The van der Waals surface area contributed by atoms with Crippen LogP contribution in [0.2, 0.25) is 0 Å². The maximum atomic E-state index is 13.4. The minimum atomic E-state index is -4.68. The number of rotatable bonds is 2. The normalized spacial score (nSPS) is 11.6. The van der Waals surface area contributed by atoms with Gasteiger partial charge >= 0.3 is 6.18 Å². The van der Waals surface area contributed by atoms with Gasteiger partial charge in [-0.3, -0.25) is 0 Å². The minimum Gasteiger partial charge on any atom is -0.437 e. The van der Waals surface area contributed by atoms with Gasteiger partial charge in [0, 0.05) is 5.56 Å². The zero-order valence-electron chi connectivity index (χ0n) is 11.6. The molecule has 2 aromatic rings. The average molecular weight is 318 g/mol. The number of hydrogen-bond acceptors (Lipinski definition) is 3. The topological polar surface area (TPSA) is 48.1 Å². The highest BCUT2D eigenvalue weighted by Gasteiger charge is 2.35. The van der Waals surface area contributed by atoms with Crippen LogP contribution < -0.4 is 10.5 Å². The number of ether oxygens (including phenoxy) is 1. The zero-order valence-corrected chi connectivity index (χ0v) is 11.6. The Morgan fingerprint density at radius 3 is 2.36 bits per heavy atom. The van der Waals surface area contributed by atoms with Crippen LogP contribution in [0.15, 0.2) is 18.2 Å². The Morgan fingerprint density at radius 2 is 1.77 bits per heavy atom. The second-order valence-corrected chi connectivity index (χ2v) is 4.63. The number of anilines is 1. The van der Waals surface area contributed by atoms with Crippen molar-refractivity contribution in [1.82, 2.24) is 4.98 Å². The number of nitrogens with zero attached hydrogens (tertiary/aromatic N) is 1. The smallest absolute Gasteiger partial charge is 0.433 e. The van der Waals surface area contributed by atoms with Gasteiger partial charge in [0.15, 0.2) is 17.3 Å². The molecular formula is C14H11F5N2O. The number of pyridine rings is 1. The van der Waals surface area contributed by atoms with E-state index in [1.54, 1.807) is 0 Å². The summed E-state index contributed by atoms with van der Waals surface area (Å²) in [5, 5.41) is 0. The molecule has 0 unspecified atom stereocenters. The fourth-order valence-electron chi connectivity index (χ4n) is 1.84. The second-order valence-electron chi connectivity index (χ2n) is 4.63. The lowest BCUT2D eigenvalue weighted by Crippen LogP contribution is -2.12. The van der Waals surface area contributed by atoms with Crippen LogP contribution in [-0.2, 0) is 6.18 Å². The van der Waals surface area contributed by atoms with Crippen molar-refractivity contribution in [2.75, 3.05) is 5.73 Å². The van der Waals surface area contributed by atoms with E-state index >= 15 is 0 Å². The largest absolute Gasteiger partial charge is 0.437 e. The van der Waals surface area contributed by atoms with E-state index in [0.717, 1.165) is 18.2 Å². The molecule has 1 aromatic carbocycles. The molecule has 22 heavy (non-hydrogen) atoms. The summed E-state index contributed by atoms with van der Waals surface area (Å²) in [7, 11) is 0. The first-order valence-corrected chi connectivity index (χ1v) is 6.08. The van der Waals surface area contributed by atoms with E-state index in [4.69, 9.17) is 10.5 Å². The summed E-state index contributed by atoms with van der Waals surface area (Å²) in [6, 6.07) is 2.94. The van der Waals surface area contributed by atoms with Crippen LogP contribution in [0.4, 0.5) is 27.6 Å². The van der Waals surface area contributed by atoms with Gasteiger partial charge in [-0.2, -0.15) is 13.2 Å². The maximum absolute atomic E-state index is 13.4. The Hall–Kier alpha value is -2.38. The fourth-order valence-corrected chi connectivity index (χ4v) is 1.84. The van der Waals surface area contributed by atoms with Crippen molar-refractivity contribution in [2.45, 2.75) is 20.0 Å². The van der Waals surface area contributed by atoms with Crippen LogP contribution in [0.1, 0.15) is 16.8 Å². The Morgan fingerprint density at radius 1 is 1.14 bits per heavy atom. The highest BCUT2D eigenvalue weighted by molar-refractivity contribution is 5.53. The Bertz CT molecular complexity index is 728. The van der Waals surface area contributed by atoms with Gasteiger partial charge in [-0.25, -0.2) is 13.8 Å². The lowest BCUT2D eigenvalue weighted by Gasteiger charge is -2.15. The SMILES string of the molecule is Cc1cc(N)c(Oc2ccc(F)c(F)c2C)nc1C(F)(F)F. The van der Waals surface area contributed by atoms with Gasteiger partial charge in [0.2, 0.25) is 5.88 Å². The third kappa shape index (κ3) is 2.95. The third-order valence-electron chi connectivity index (χ3n) is 2.97. The van der Waals surface area contributed by atoms with E-state index in [9.17, 15) is 22.0 Å². The van der Waals surface area contributed by atoms with E-state index in [-0.39, 0.29) is 22.6 Å². The standard InChI is InChI=1S/C14H11F5N2O/c1-6-5-9(20)13(21-12(6)14(17,18)19)22-10-4-3-8(15)11(16)7(10)2/h3-5H,20H2,1-2H3. The molecule has 0 saturated heterocycles. The van der Waals surface area contributed by atoms with Gasteiger partial charge in [-0.1, -0.05) is 0 Å². The lowest BCUT2D eigenvalue weighted by molar-refractivity contribution is -0.141. The van der Waals surface area contributed by atoms with Crippen LogP contribution in [0.25, 0.3) is 0 Å². The van der Waals surface area contributed by atoms with Crippen molar-refractivity contribution in [3.05, 3.63) is 46.7 Å². The molecule has 1 aromatic heterocycles. The number of alkyl halides is 3. The van der Waals surface area contributed by atoms with Crippen molar-refractivity contribution in [3.8, 4) is 11.6 Å². The lowest BCUT2D eigenvalue weighted by atomic mass is 10.2. The molecule has 0 bridgehead atoms. The van der Waals surface area contributed by atoms with Crippen LogP contribution in [-0.4, -0.2) is 4.98 Å². The molecule has 2 N–H and O–H groups in total. The van der Waals surface area contributed by atoms with E-state index < -0.39 is 29.4 Å². The van der Waals surface area contributed by atoms with Crippen LogP contribution in [0, 0.1) is 25.5 Å². The minimum absolute atomic E-state index is 0.144. The van der Waals surface area contributed by atoms with Crippen molar-refractivity contribution < 1.29 is 26.7 Å². The molecule has 0 saturated carbocycles. The predicted octanol–water partition coefficient (Wildman–Crippen LogP) is 4.37. The number of nitrogen functional groups attached to an aromatic ring is 1. The molecule has 1 heterocycles. The van der Waals surface area contributed by atoms with Gasteiger partial charge in [-0.15, -0.1) is 0 Å². The number of benzene rings is 1. The highest BCUT2D eigenvalue weighted by Crippen LogP contribution is 2.36. The molecule has 0 spiro atoms. The molecule has 0 aliphatic carbocycles. The van der Waals surface area contributed by atoms with Gasteiger partial charge in [0.25, 0.3) is 0 Å². The van der Waals surface area contributed by atoms with Gasteiger partial charge < -0.3 is 10.5 Å². The van der Waals surface area contributed by atoms with Gasteiger partial charge in [0.1, 0.15) is 5.75 Å². The van der Waals surface area contributed by atoms with Gasteiger partial charge in [-0.05, 0) is 37.6 Å². The summed E-state index contributed by atoms with van der Waals surface area (Å²) in [6.07, 6.45) is -4.68. The first-order valence-electron chi connectivity index (χ1n) is 6.08. The molecule has 0 radical (unpaired) electrons. The summed E-state index contributed by atoms with van der Waals surface area (Å²) in [6.45, 7) is 2.43. The first kappa shape index (κ1) is 16.0. The number of aromatic nitrogens is 1. The summed E-state index contributed by atoms with van der Waals surface area (Å²) in [5.74, 6) is -2.94. The van der Waals surface area contributed by atoms with Crippen molar-refractivity contribution in [1.29, 1.82) is 0 Å². The number of halogens is 5. The molecule has 3 nitrogen and oxygen atoms in total. The van der Waals surface area contributed by atoms with Crippen molar-refractivity contribution in [2.24, 2.45) is 0 Å².